The lowest BCUT2D eigenvalue weighted by atomic mass is 10.1. The molecular formula is C19H15ClF3N3O4. The number of hydrogen-bond donors (Lipinski definition) is 3. The van der Waals surface area contributed by atoms with E-state index in [9.17, 15) is 28.2 Å². The molecule has 158 valence electrons. The number of phenols is 2. The molecular weight excluding hydrogens is 427 g/mol. The highest BCUT2D eigenvalue weighted by atomic mass is 35.5. The Kier molecular flexibility index (Phi) is 6.06. The molecule has 1 aromatic heterocycles. The summed E-state index contributed by atoms with van der Waals surface area (Å²) >= 11 is 5.76. The van der Waals surface area contributed by atoms with Gasteiger partial charge in [-0.3, -0.25) is 0 Å². The van der Waals surface area contributed by atoms with Crippen LogP contribution in [-0.4, -0.2) is 32.6 Å². The van der Waals surface area contributed by atoms with Crippen molar-refractivity contribution in [3.8, 4) is 22.9 Å². The Labute approximate surface area is 173 Å². The van der Waals surface area contributed by atoms with Gasteiger partial charge in [0.15, 0.2) is 22.9 Å². The number of nitrogens with zero attached hydrogens (tertiary/aromatic N) is 2. The third kappa shape index (κ3) is 4.95. The Morgan fingerprint density at radius 1 is 1.13 bits per heavy atom. The van der Waals surface area contributed by atoms with E-state index >= 15 is 0 Å². The summed E-state index contributed by atoms with van der Waals surface area (Å²) in [5.74, 6) is -1.36. The second-order valence-electron chi connectivity index (χ2n) is 6.13. The molecule has 3 aromatic rings. The number of amides is 1. The summed E-state index contributed by atoms with van der Waals surface area (Å²) in [4.78, 5) is 11.9. The highest BCUT2D eigenvalue weighted by Gasteiger charge is 2.40. The monoisotopic (exact) mass is 441 g/mol. The predicted molar refractivity (Wildman–Crippen MR) is 101 cm³/mol. The zero-order chi connectivity index (χ0) is 21.9. The minimum atomic E-state index is -4.84. The largest absolute Gasteiger partial charge is 0.504 e. The van der Waals surface area contributed by atoms with Crippen molar-refractivity contribution in [1.29, 1.82) is 0 Å². The maximum Gasteiger partial charge on any atom is 0.437 e. The fourth-order valence-electron chi connectivity index (χ4n) is 2.62. The van der Waals surface area contributed by atoms with Crippen LogP contribution in [0.5, 0.6) is 17.2 Å². The van der Waals surface area contributed by atoms with Crippen LogP contribution in [-0.2, 0) is 12.6 Å². The average Bonchev–Trinajstić information content (AvgIpc) is 3.09. The van der Waals surface area contributed by atoms with E-state index in [2.05, 4.69) is 10.4 Å². The van der Waals surface area contributed by atoms with Gasteiger partial charge in [-0.2, -0.15) is 18.3 Å². The van der Waals surface area contributed by atoms with Gasteiger partial charge < -0.3 is 20.3 Å². The average molecular weight is 442 g/mol. The van der Waals surface area contributed by atoms with Crippen molar-refractivity contribution in [3.05, 3.63) is 64.9 Å². The summed E-state index contributed by atoms with van der Waals surface area (Å²) in [7, 11) is 0. The van der Waals surface area contributed by atoms with Gasteiger partial charge in [0.1, 0.15) is 0 Å². The van der Waals surface area contributed by atoms with E-state index in [1.54, 1.807) is 0 Å². The Morgan fingerprint density at radius 2 is 1.83 bits per heavy atom. The molecule has 1 heterocycles. The molecule has 0 fully saturated rings. The van der Waals surface area contributed by atoms with Gasteiger partial charge in [0.25, 0.3) is 0 Å². The van der Waals surface area contributed by atoms with E-state index in [1.165, 1.54) is 42.5 Å². The fourth-order valence-corrected chi connectivity index (χ4v) is 2.74. The summed E-state index contributed by atoms with van der Waals surface area (Å²) in [6, 6.07) is 9.63. The first-order chi connectivity index (χ1) is 14.1. The molecule has 0 bridgehead atoms. The van der Waals surface area contributed by atoms with E-state index in [0.29, 0.717) is 15.3 Å². The molecule has 0 spiro atoms. The molecule has 0 aliphatic carbocycles. The minimum Gasteiger partial charge on any atom is -0.504 e. The van der Waals surface area contributed by atoms with Crippen molar-refractivity contribution in [2.45, 2.75) is 12.6 Å². The van der Waals surface area contributed by atoms with Crippen molar-refractivity contribution >= 4 is 17.7 Å². The highest BCUT2D eigenvalue weighted by Crippen LogP contribution is 2.37. The van der Waals surface area contributed by atoms with E-state index < -0.39 is 23.7 Å². The molecule has 7 nitrogen and oxygen atoms in total. The third-order valence-corrected chi connectivity index (χ3v) is 4.25. The van der Waals surface area contributed by atoms with Crippen molar-refractivity contribution in [2.75, 3.05) is 6.54 Å². The van der Waals surface area contributed by atoms with Gasteiger partial charge in [0.2, 0.25) is 0 Å². The van der Waals surface area contributed by atoms with Crippen LogP contribution in [0.15, 0.2) is 48.7 Å². The van der Waals surface area contributed by atoms with Crippen molar-refractivity contribution in [1.82, 2.24) is 15.1 Å². The summed E-state index contributed by atoms with van der Waals surface area (Å²) in [6.45, 7) is 0.0235. The number of benzene rings is 2. The fraction of sp³-hybridized carbons (Fsp3) is 0.158. The molecule has 0 unspecified atom stereocenters. The van der Waals surface area contributed by atoms with Crippen LogP contribution in [0, 0.1) is 0 Å². The molecule has 0 radical (unpaired) electrons. The van der Waals surface area contributed by atoms with Gasteiger partial charge in [-0.25, -0.2) is 9.48 Å². The number of phenolic OH excluding ortho intramolecular Hbond substituents is 2. The number of nitrogens with one attached hydrogen (secondary N) is 1. The number of carbonyl (C=O) groups is 1. The highest BCUT2D eigenvalue weighted by molar-refractivity contribution is 6.30. The molecule has 0 atom stereocenters. The Bertz CT molecular complexity index is 1050. The molecule has 0 saturated heterocycles. The summed E-state index contributed by atoms with van der Waals surface area (Å²) in [5, 5.41) is 25.0. The SMILES string of the molecule is O=C(NCCc1ccc(O)c(O)c1)Oc1cnn(-c2ccc(Cl)cc2)c1C(F)(F)F. The van der Waals surface area contributed by atoms with Crippen molar-refractivity contribution in [2.24, 2.45) is 0 Å². The van der Waals surface area contributed by atoms with Crippen LogP contribution in [0.3, 0.4) is 0 Å². The molecule has 3 N–H and O–H groups in total. The Hall–Kier alpha value is -3.40. The number of hydrogen-bond acceptors (Lipinski definition) is 5. The first-order valence-corrected chi connectivity index (χ1v) is 8.90. The standard InChI is InChI=1S/C19H15ClF3N3O4/c20-12-2-4-13(5-3-12)26-17(19(21,22)23)16(10-25-26)30-18(29)24-8-7-11-1-6-14(27)15(28)9-11/h1-6,9-10,27-28H,7-8H2,(H,24,29). The maximum absolute atomic E-state index is 13.6. The number of carbonyl (C=O) groups excluding carboxylic acids is 1. The summed E-state index contributed by atoms with van der Waals surface area (Å²) in [5.41, 5.74) is -0.560. The quantitative estimate of drug-likeness (QED) is 0.513. The zero-order valence-electron chi connectivity index (χ0n) is 15.2. The lowest BCUT2D eigenvalue weighted by Crippen LogP contribution is -2.29. The Morgan fingerprint density at radius 3 is 2.47 bits per heavy atom. The number of halogens is 4. The molecule has 3 rings (SSSR count). The van der Waals surface area contributed by atoms with Gasteiger partial charge in [-0.05, 0) is 48.4 Å². The van der Waals surface area contributed by atoms with E-state index in [4.69, 9.17) is 16.3 Å². The Balaban J connectivity index is 1.70. The van der Waals surface area contributed by atoms with Crippen molar-refractivity contribution in [3.63, 3.8) is 0 Å². The van der Waals surface area contributed by atoms with Crippen molar-refractivity contribution < 1.29 is 32.9 Å². The molecule has 1 amide bonds. The van der Waals surface area contributed by atoms with Gasteiger partial charge in [-0.1, -0.05) is 17.7 Å². The van der Waals surface area contributed by atoms with Crippen LogP contribution < -0.4 is 10.1 Å². The van der Waals surface area contributed by atoms with Gasteiger partial charge in [0, 0.05) is 11.6 Å². The van der Waals surface area contributed by atoms with Crippen LogP contribution in [0.1, 0.15) is 11.3 Å². The molecule has 0 saturated carbocycles. The molecule has 2 aromatic carbocycles. The van der Waals surface area contributed by atoms with Crippen LogP contribution in [0.4, 0.5) is 18.0 Å². The number of ether oxygens (including phenoxy) is 1. The molecule has 11 heteroatoms. The molecule has 0 aliphatic heterocycles. The first kappa shape index (κ1) is 21.3. The number of aromatic hydroxyl groups is 2. The van der Waals surface area contributed by atoms with Crippen LogP contribution >= 0.6 is 11.6 Å². The number of aromatic nitrogens is 2. The summed E-state index contributed by atoms with van der Waals surface area (Å²) < 4.78 is 46.1. The van der Waals surface area contributed by atoms with Gasteiger partial charge in [0.05, 0.1) is 11.9 Å². The third-order valence-electron chi connectivity index (χ3n) is 4.00. The lowest BCUT2D eigenvalue weighted by Gasteiger charge is -2.13. The second-order valence-corrected chi connectivity index (χ2v) is 6.57. The topological polar surface area (TPSA) is 96.6 Å². The van der Waals surface area contributed by atoms with Gasteiger partial charge >= 0.3 is 12.3 Å². The minimum absolute atomic E-state index is 0.0235. The van der Waals surface area contributed by atoms with Crippen LogP contribution in [0.2, 0.25) is 5.02 Å². The zero-order valence-corrected chi connectivity index (χ0v) is 15.9. The van der Waals surface area contributed by atoms with E-state index in [-0.39, 0.29) is 30.2 Å². The number of alkyl halides is 3. The van der Waals surface area contributed by atoms with E-state index in [0.717, 1.165) is 6.20 Å². The smallest absolute Gasteiger partial charge is 0.437 e. The van der Waals surface area contributed by atoms with Crippen LogP contribution in [0.25, 0.3) is 5.69 Å². The predicted octanol–water partition coefficient (Wildman–Crippen LogP) is 4.29. The lowest BCUT2D eigenvalue weighted by molar-refractivity contribution is -0.143. The van der Waals surface area contributed by atoms with E-state index in [1.807, 2.05) is 0 Å². The number of rotatable bonds is 5. The second kappa shape index (κ2) is 8.54. The molecule has 0 aliphatic rings. The maximum atomic E-state index is 13.6. The first-order valence-electron chi connectivity index (χ1n) is 8.53. The van der Waals surface area contributed by atoms with Gasteiger partial charge in [-0.15, -0.1) is 0 Å². The normalized spacial score (nSPS) is 11.3. The summed E-state index contributed by atoms with van der Waals surface area (Å²) in [6.07, 6.45) is -4.89. The molecule has 30 heavy (non-hydrogen) atoms.